The van der Waals surface area contributed by atoms with E-state index in [9.17, 15) is 27.2 Å². The molecule has 5 nitrogen and oxygen atoms in total. The van der Waals surface area contributed by atoms with Crippen LogP contribution in [0, 0.1) is 29.2 Å². The average Bonchev–Trinajstić information content (AvgIpc) is 2.90. The van der Waals surface area contributed by atoms with Gasteiger partial charge in [-0.05, 0) is 12.8 Å². The van der Waals surface area contributed by atoms with Gasteiger partial charge in [0.15, 0.2) is 23.2 Å². The summed E-state index contributed by atoms with van der Waals surface area (Å²) in [6.07, 6.45) is 0.579. The molecule has 1 heterocycles. The molecule has 2 rings (SSSR count). The van der Waals surface area contributed by atoms with Gasteiger partial charge in [-0.3, -0.25) is 9.59 Å². The quantitative estimate of drug-likeness (QED) is 0.602. The second-order valence-corrected chi connectivity index (χ2v) is 5.17. The second-order valence-electron chi connectivity index (χ2n) is 5.17. The molecule has 0 spiro atoms. The molecule has 1 aliphatic heterocycles. The first-order valence-corrected chi connectivity index (χ1v) is 6.83. The molecule has 0 saturated carbocycles. The SMILES string of the molecule is NC(CC1CCNC1=O)C(=O)COc1c(F)c(F)cc(F)c1F. The van der Waals surface area contributed by atoms with Crippen LogP contribution in [0.25, 0.3) is 0 Å². The molecule has 1 amide bonds. The Labute approximate surface area is 128 Å². The van der Waals surface area contributed by atoms with Crippen molar-refractivity contribution in [3.05, 3.63) is 29.3 Å². The van der Waals surface area contributed by atoms with Crippen molar-refractivity contribution in [2.24, 2.45) is 11.7 Å². The standard InChI is InChI=1S/C14H14F4N2O3/c15-7-4-8(16)12(18)13(11(7)17)23-5-10(21)9(19)3-6-1-2-20-14(6)22/h4,6,9H,1-3,5,19H2,(H,20,22). The third-order valence-corrected chi connectivity index (χ3v) is 3.55. The molecule has 1 aliphatic rings. The Morgan fingerprint density at radius 1 is 1.30 bits per heavy atom. The van der Waals surface area contributed by atoms with E-state index in [4.69, 9.17) is 5.73 Å². The van der Waals surface area contributed by atoms with Crippen LogP contribution in [0.2, 0.25) is 0 Å². The zero-order valence-electron chi connectivity index (χ0n) is 11.9. The molecule has 1 aromatic carbocycles. The minimum Gasteiger partial charge on any atom is -0.479 e. The predicted molar refractivity (Wildman–Crippen MR) is 70.5 cm³/mol. The van der Waals surface area contributed by atoms with Crippen LogP contribution in [0.4, 0.5) is 17.6 Å². The van der Waals surface area contributed by atoms with Crippen LogP contribution in [0.3, 0.4) is 0 Å². The third kappa shape index (κ3) is 3.79. The smallest absolute Gasteiger partial charge is 0.223 e. The van der Waals surface area contributed by atoms with Gasteiger partial charge in [0.05, 0.1) is 6.04 Å². The average molecular weight is 334 g/mol. The first-order valence-electron chi connectivity index (χ1n) is 6.83. The highest BCUT2D eigenvalue weighted by molar-refractivity contribution is 5.87. The summed E-state index contributed by atoms with van der Waals surface area (Å²) in [4.78, 5) is 23.2. The van der Waals surface area contributed by atoms with Crippen molar-refractivity contribution in [1.29, 1.82) is 0 Å². The maximum absolute atomic E-state index is 13.4. The van der Waals surface area contributed by atoms with Crippen molar-refractivity contribution in [1.82, 2.24) is 5.32 Å². The molecule has 126 valence electrons. The number of hydrogen-bond donors (Lipinski definition) is 2. The molecule has 9 heteroatoms. The minimum atomic E-state index is -1.74. The summed E-state index contributed by atoms with van der Waals surface area (Å²) in [5, 5.41) is 2.58. The number of rotatable bonds is 6. The lowest BCUT2D eigenvalue weighted by Gasteiger charge is -2.15. The molecule has 0 radical (unpaired) electrons. The summed E-state index contributed by atoms with van der Waals surface area (Å²) in [6, 6.07) is -1.06. The number of benzene rings is 1. The molecule has 1 saturated heterocycles. The number of nitrogens with one attached hydrogen (secondary N) is 1. The number of hydrogen-bond acceptors (Lipinski definition) is 4. The monoisotopic (exact) mass is 334 g/mol. The van der Waals surface area contributed by atoms with Gasteiger partial charge in [-0.2, -0.15) is 8.78 Å². The molecule has 0 bridgehead atoms. The van der Waals surface area contributed by atoms with Crippen molar-refractivity contribution in [2.75, 3.05) is 13.2 Å². The maximum Gasteiger partial charge on any atom is 0.223 e. The van der Waals surface area contributed by atoms with E-state index in [1.54, 1.807) is 0 Å². The first-order chi connectivity index (χ1) is 10.8. The Morgan fingerprint density at radius 3 is 2.43 bits per heavy atom. The lowest BCUT2D eigenvalue weighted by atomic mass is 9.97. The van der Waals surface area contributed by atoms with Gasteiger partial charge in [0.2, 0.25) is 17.5 Å². The van der Waals surface area contributed by atoms with Gasteiger partial charge in [0, 0.05) is 18.5 Å². The Morgan fingerprint density at radius 2 is 1.91 bits per heavy atom. The zero-order valence-corrected chi connectivity index (χ0v) is 11.9. The fourth-order valence-corrected chi connectivity index (χ4v) is 2.24. The molecular formula is C14H14F4N2O3. The molecule has 2 unspecified atom stereocenters. The Hall–Kier alpha value is -2.16. The van der Waals surface area contributed by atoms with E-state index in [0.29, 0.717) is 13.0 Å². The molecular weight excluding hydrogens is 320 g/mol. The number of amides is 1. The van der Waals surface area contributed by atoms with Gasteiger partial charge in [0.1, 0.15) is 6.61 Å². The van der Waals surface area contributed by atoms with Crippen molar-refractivity contribution in [3.8, 4) is 5.75 Å². The van der Waals surface area contributed by atoms with Crippen LogP contribution < -0.4 is 15.8 Å². The number of halogens is 4. The van der Waals surface area contributed by atoms with Crippen LogP contribution in [0.15, 0.2) is 6.07 Å². The van der Waals surface area contributed by atoms with E-state index in [2.05, 4.69) is 10.1 Å². The normalized spacial score (nSPS) is 18.7. The predicted octanol–water partition coefficient (Wildman–Crippen LogP) is 1.04. The summed E-state index contributed by atoms with van der Waals surface area (Å²) in [5.74, 6) is -9.46. The summed E-state index contributed by atoms with van der Waals surface area (Å²) in [5.41, 5.74) is 5.61. The van der Waals surface area contributed by atoms with Gasteiger partial charge in [-0.1, -0.05) is 0 Å². The van der Waals surface area contributed by atoms with Crippen molar-refractivity contribution < 1.29 is 31.9 Å². The fraction of sp³-hybridized carbons (Fsp3) is 0.429. The molecule has 0 aromatic heterocycles. The zero-order chi connectivity index (χ0) is 17.1. The lowest BCUT2D eigenvalue weighted by Crippen LogP contribution is -2.37. The van der Waals surface area contributed by atoms with Crippen LogP contribution >= 0.6 is 0 Å². The van der Waals surface area contributed by atoms with E-state index in [0.717, 1.165) is 0 Å². The van der Waals surface area contributed by atoms with Gasteiger partial charge < -0.3 is 15.8 Å². The number of Topliss-reactive ketones (excluding diaryl/α,β-unsaturated/α-hetero) is 1. The summed E-state index contributed by atoms with van der Waals surface area (Å²) < 4.78 is 57.3. The highest BCUT2D eigenvalue weighted by Crippen LogP contribution is 2.26. The van der Waals surface area contributed by atoms with E-state index in [-0.39, 0.29) is 18.4 Å². The number of ketones is 1. The molecule has 1 aromatic rings. The van der Waals surface area contributed by atoms with Gasteiger partial charge in [-0.25, -0.2) is 8.78 Å². The van der Waals surface area contributed by atoms with Crippen molar-refractivity contribution >= 4 is 11.7 Å². The summed E-state index contributed by atoms with van der Waals surface area (Å²) >= 11 is 0. The van der Waals surface area contributed by atoms with Gasteiger partial charge in [0.25, 0.3) is 0 Å². The molecule has 3 N–H and O–H groups in total. The second kappa shape index (κ2) is 6.95. The largest absolute Gasteiger partial charge is 0.479 e. The van der Waals surface area contributed by atoms with E-state index in [1.165, 1.54) is 0 Å². The van der Waals surface area contributed by atoms with Crippen LogP contribution in [-0.2, 0) is 9.59 Å². The maximum atomic E-state index is 13.4. The third-order valence-electron chi connectivity index (χ3n) is 3.55. The number of carbonyl (C=O) groups excluding carboxylic acids is 2. The molecule has 1 fully saturated rings. The van der Waals surface area contributed by atoms with E-state index < -0.39 is 53.4 Å². The van der Waals surface area contributed by atoms with Gasteiger partial charge in [-0.15, -0.1) is 0 Å². The highest BCUT2D eigenvalue weighted by Gasteiger charge is 2.29. The van der Waals surface area contributed by atoms with Crippen molar-refractivity contribution in [3.63, 3.8) is 0 Å². The minimum absolute atomic E-state index is 0.0315. The molecule has 0 aliphatic carbocycles. The van der Waals surface area contributed by atoms with Crippen LogP contribution in [-0.4, -0.2) is 30.9 Å². The summed E-state index contributed by atoms with van der Waals surface area (Å²) in [7, 11) is 0. The topological polar surface area (TPSA) is 81.4 Å². The molecule has 2 atom stereocenters. The van der Waals surface area contributed by atoms with Crippen LogP contribution in [0.1, 0.15) is 12.8 Å². The van der Waals surface area contributed by atoms with Crippen molar-refractivity contribution in [2.45, 2.75) is 18.9 Å². The number of carbonyl (C=O) groups is 2. The molecule has 23 heavy (non-hydrogen) atoms. The summed E-state index contributed by atoms with van der Waals surface area (Å²) in [6.45, 7) is -0.383. The lowest BCUT2D eigenvalue weighted by molar-refractivity contribution is -0.124. The Bertz CT molecular complexity index is 613. The first kappa shape index (κ1) is 17.2. The highest BCUT2D eigenvalue weighted by atomic mass is 19.2. The Kier molecular flexibility index (Phi) is 5.19. The Balaban J connectivity index is 1.98. The number of ether oxygens (including phenoxy) is 1. The van der Waals surface area contributed by atoms with E-state index in [1.807, 2.05) is 0 Å². The van der Waals surface area contributed by atoms with Gasteiger partial charge >= 0.3 is 0 Å². The number of nitrogens with two attached hydrogens (primary N) is 1. The fourth-order valence-electron chi connectivity index (χ4n) is 2.24. The van der Waals surface area contributed by atoms with E-state index >= 15 is 0 Å². The van der Waals surface area contributed by atoms with Crippen LogP contribution in [0.5, 0.6) is 5.75 Å².